The summed E-state index contributed by atoms with van der Waals surface area (Å²) in [5.74, 6) is 5.71. The molecule has 0 bridgehead atoms. The average Bonchev–Trinajstić information content (AvgIpc) is 2.23. The molecule has 0 fully saturated rings. The van der Waals surface area contributed by atoms with Crippen LogP contribution in [-0.4, -0.2) is 11.7 Å². The van der Waals surface area contributed by atoms with Crippen LogP contribution < -0.4 is 0 Å². The molecule has 0 aliphatic rings. The van der Waals surface area contributed by atoms with E-state index in [0.29, 0.717) is 13.0 Å². The van der Waals surface area contributed by atoms with Crippen molar-refractivity contribution in [2.24, 2.45) is 5.11 Å². The second-order valence-electron chi connectivity index (χ2n) is 2.67. The minimum Gasteiger partial charge on any atom is -0.506 e. The smallest absolute Gasteiger partial charge is 0.134 e. The van der Waals surface area contributed by atoms with Crippen molar-refractivity contribution in [3.8, 4) is 17.6 Å². The fourth-order valence-corrected chi connectivity index (χ4v) is 1.08. The van der Waals surface area contributed by atoms with Gasteiger partial charge < -0.3 is 5.11 Å². The highest BCUT2D eigenvalue weighted by Gasteiger charge is 1.96. The van der Waals surface area contributed by atoms with Gasteiger partial charge in [0.05, 0.1) is 5.02 Å². The lowest BCUT2D eigenvalue weighted by atomic mass is 10.2. The molecule has 1 rings (SSSR count). The Morgan fingerprint density at radius 2 is 2.33 bits per heavy atom. The molecular formula is C10H8ClN3O. The van der Waals surface area contributed by atoms with E-state index in [-0.39, 0.29) is 10.8 Å². The lowest BCUT2D eigenvalue weighted by Crippen LogP contribution is -1.77. The first kappa shape index (κ1) is 11.3. The normalized spacial score (nSPS) is 8.60. The number of hydrogen-bond acceptors (Lipinski definition) is 2. The molecule has 0 aromatic heterocycles. The summed E-state index contributed by atoms with van der Waals surface area (Å²) >= 11 is 5.69. The largest absolute Gasteiger partial charge is 0.506 e. The zero-order chi connectivity index (χ0) is 11.1. The summed E-state index contributed by atoms with van der Waals surface area (Å²) < 4.78 is 0. The topological polar surface area (TPSA) is 69.0 Å². The third kappa shape index (κ3) is 3.82. The molecule has 0 aliphatic heterocycles. The summed E-state index contributed by atoms with van der Waals surface area (Å²) in [5, 5.41) is 12.8. The molecule has 0 saturated heterocycles. The number of aromatic hydroxyl groups is 1. The molecule has 0 radical (unpaired) electrons. The molecule has 4 nitrogen and oxygen atoms in total. The molecule has 76 valence electrons. The first-order valence-corrected chi connectivity index (χ1v) is 4.60. The number of halogens is 1. The van der Waals surface area contributed by atoms with Crippen LogP contribution in [0.3, 0.4) is 0 Å². The summed E-state index contributed by atoms with van der Waals surface area (Å²) in [7, 11) is 0. The van der Waals surface area contributed by atoms with E-state index in [4.69, 9.17) is 22.2 Å². The van der Waals surface area contributed by atoms with Crippen molar-refractivity contribution < 1.29 is 5.11 Å². The number of hydrogen-bond donors (Lipinski definition) is 1. The Balaban J connectivity index is 2.64. The molecular weight excluding hydrogens is 214 g/mol. The fourth-order valence-electron chi connectivity index (χ4n) is 0.900. The van der Waals surface area contributed by atoms with Crippen molar-refractivity contribution in [3.63, 3.8) is 0 Å². The van der Waals surface area contributed by atoms with E-state index >= 15 is 0 Å². The van der Waals surface area contributed by atoms with Gasteiger partial charge in [0.15, 0.2) is 0 Å². The zero-order valence-electron chi connectivity index (χ0n) is 7.81. The van der Waals surface area contributed by atoms with Crippen LogP contribution in [0.4, 0.5) is 0 Å². The second-order valence-corrected chi connectivity index (χ2v) is 3.08. The number of nitrogens with zero attached hydrogens (tertiary/aromatic N) is 3. The quantitative estimate of drug-likeness (QED) is 0.269. The minimum atomic E-state index is 0.0382. The van der Waals surface area contributed by atoms with Crippen LogP contribution in [0.1, 0.15) is 12.0 Å². The predicted octanol–water partition coefficient (Wildman–Crippen LogP) is 3.10. The maximum Gasteiger partial charge on any atom is 0.134 e. The predicted molar refractivity (Wildman–Crippen MR) is 58.6 cm³/mol. The van der Waals surface area contributed by atoms with Crippen LogP contribution in [0, 0.1) is 11.8 Å². The van der Waals surface area contributed by atoms with Crippen LogP contribution in [0.5, 0.6) is 5.75 Å². The average molecular weight is 222 g/mol. The Kier molecular flexibility index (Phi) is 4.36. The van der Waals surface area contributed by atoms with E-state index in [1.165, 1.54) is 6.07 Å². The monoisotopic (exact) mass is 221 g/mol. The third-order valence-electron chi connectivity index (χ3n) is 1.58. The lowest BCUT2D eigenvalue weighted by Gasteiger charge is -1.95. The summed E-state index contributed by atoms with van der Waals surface area (Å²) in [6, 6.07) is 4.74. The first-order chi connectivity index (χ1) is 7.24. The molecule has 0 atom stereocenters. The first-order valence-electron chi connectivity index (χ1n) is 4.22. The van der Waals surface area contributed by atoms with Gasteiger partial charge in [0.1, 0.15) is 5.75 Å². The van der Waals surface area contributed by atoms with Gasteiger partial charge in [0, 0.05) is 23.4 Å². The molecule has 0 aliphatic carbocycles. The molecule has 5 heteroatoms. The molecule has 0 unspecified atom stereocenters. The summed E-state index contributed by atoms with van der Waals surface area (Å²) in [4.78, 5) is 2.61. The van der Waals surface area contributed by atoms with Crippen molar-refractivity contribution in [3.05, 3.63) is 39.2 Å². The molecule has 1 aromatic rings. The van der Waals surface area contributed by atoms with Crippen molar-refractivity contribution in [2.45, 2.75) is 6.42 Å². The van der Waals surface area contributed by atoms with Gasteiger partial charge in [-0.05, 0) is 23.7 Å². The van der Waals surface area contributed by atoms with E-state index in [2.05, 4.69) is 21.9 Å². The van der Waals surface area contributed by atoms with E-state index in [9.17, 15) is 0 Å². The molecule has 0 heterocycles. The van der Waals surface area contributed by atoms with Gasteiger partial charge in [-0.2, -0.15) is 0 Å². The number of azide groups is 1. The maximum absolute atomic E-state index is 9.15. The zero-order valence-corrected chi connectivity index (χ0v) is 8.57. The lowest BCUT2D eigenvalue weighted by molar-refractivity contribution is 0.475. The van der Waals surface area contributed by atoms with Crippen molar-refractivity contribution in [2.75, 3.05) is 6.54 Å². The number of phenols is 1. The molecule has 15 heavy (non-hydrogen) atoms. The van der Waals surface area contributed by atoms with Crippen molar-refractivity contribution in [1.82, 2.24) is 0 Å². The highest BCUT2D eigenvalue weighted by Crippen LogP contribution is 2.22. The number of phenolic OH excluding ortho intramolecular Hbond substituents is 1. The summed E-state index contributed by atoms with van der Waals surface area (Å²) in [6.07, 6.45) is 0.503. The Bertz CT molecular complexity index is 455. The Morgan fingerprint density at radius 1 is 1.53 bits per heavy atom. The van der Waals surface area contributed by atoms with Crippen LogP contribution in [-0.2, 0) is 0 Å². The molecule has 0 saturated carbocycles. The van der Waals surface area contributed by atoms with Gasteiger partial charge in [-0.15, -0.1) is 0 Å². The Hall–Kier alpha value is -1.82. The SMILES string of the molecule is [N-]=[N+]=NCCC#Cc1ccc(O)c(Cl)c1. The van der Waals surface area contributed by atoms with Crippen molar-refractivity contribution in [1.29, 1.82) is 0 Å². The standard InChI is InChI=1S/C10H8ClN3O/c11-9-7-8(4-5-10(9)15)3-1-2-6-13-14-12/h4-5,7,15H,2,6H2. The highest BCUT2D eigenvalue weighted by atomic mass is 35.5. The van der Waals surface area contributed by atoms with Crippen LogP contribution >= 0.6 is 11.6 Å². The van der Waals surface area contributed by atoms with Gasteiger partial charge in [-0.25, -0.2) is 0 Å². The van der Waals surface area contributed by atoms with E-state index in [1.54, 1.807) is 12.1 Å². The molecule has 0 amide bonds. The van der Waals surface area contributed by atoms with E-state index < -0.39 is 0 Å². The van der Waals surface area contributed by atoms with Crippen LogP contribution in [0.25, 0.3) is 10.4 Å². The second kappa shape index (κ2) is 5.82. The molecule has 1 N–H and O–H groups in total. The van der Waals surface area contributed by atoms with Gasteiger partial charge >= 0.3 is 0 Å². The van der Waals surface area contributed by atoms with E-state index in [1.807, 2.05) is 0 Å². The highest BCUT2D eigenvalue weighted by molar-refractivity contribution is 6.32. The Morgan fingerprint density at radius 3 is 3.00 bits per heavy atom. The number of rotatable bonds is 2. The van der Waals surface area contributed by atoms with Gasteiger partial charge in [-0.1, -0.05) is 28.6 Å². The minimum absolute atomic E-state index is 0.0382. The van der Waals surface area contributed by atoms with Gasteiger partial charge in [0.25, 0.3) is 0 Å². The molecule has 1 aromatic carbocycles. The number of benzene rings is 1. The maximum atomic E-state index is 9.15. The van der Waals surface area contributed by atoms with Crippen LogP contribution in [0.2, 0.25) is 5.02 Å². The van der Waals surface area contributed by atoms with Crippen molar-refractivity contribution >= 4 is 11.6 Å². The van der Waals surface area contributed by atoms with Gasteiger partial charge in [0.2, 0.25) is 0 Å². The van der Waals surface area contributed by atoms with Gasteiger partial charge in [-0.3, -0.25) is 0 Å². The fraction of sp³-hybridized carbons (Fsp3) is 0.200. The van der Waals surface area contributed by atoms with Crippen LogP contribution in [0.15, 0.2) is 23.3 Å². The van der Waals surface area contributed by atoms with E-state index in [0.717, 1.165) is 5.56 Å². The third-order valence-corrected chi connectivity index (χ3v) is 1.88. The summed E-state index contributed by atoms with van der Waals surface area (Å²) in [5.41, 5.74) is 8.74. The Labute approximate surface area is 92.1 Å². The molecule has 0 spiro atoms. The summed E-state index contributed by atoms with van der Waals surface area (Å²) in [6.45, 7) is 0.356.